The second kappa shape index (κ2) is 3.23. The van der Waals surface area contributed by atoms with Crippen molar-refractivity contribution in [1.29, 1.82) is 0 Å². The molecule has 0 unspecified atom stereocenters. The van der Waals surface area contributed by atoms with Crippen molar-refractivity contribution in [3.63, 3.8) is 0 Å². The number of hydrogen-bond donors (Lipinski definition) is 1. The minimum Gasteiger partial charge on any atom is -0.314 e. The van der Waals surface area contributed by atoms with Crippen molar-refractivity contribution in [3.8, 4) is 0 Å². The Hall–Kier alpha value is -0.0400. The van der Waals surface area contributed by atoms with Crippen molar-refractivity contribution in [2.75, 3.05) is 6.54 Å². The fourth-order valence-electron chi connectivity index (χ4n) is 4.30. The summed E-state index contributed by atoms with van der Waals surface area (Å²) in [4.78, 5) is 0. The van der Waals surface area contributed by atoms with E-state index in [2.05, 4.69) is 33.0 Å². The molecule has 1 saturated carbocycles. The maximum atomic E-state index is 3.68. The highest BCUT2D eigenvalue weighted by Gasteiger charge is 2.68. The van der Waals surface area contributed by atoms with Gasteiger partial charge in [0, 0.05) is 6.04 Å². The fraction of sp³-hybridized carbons (Fsp3) is 1.00. The lowest BCUT2D eigenvalue weighted by atomic mass is 9.73. The molecule has 0 aromatic rings. The van der Waals surface area contributed by atoms with Crippen molar-refractivity contribution >= 4 is 0 Å². The molecule has 1 N–H and O–H groups in total. The van der Waals surface area contributed by atoms with Crippen molar-refractivity contribution in [3.05, 3.63) is 0 Å². The molecule has 4 atom stereocenters. The third-order valence-corrected chi connectivity index (χ3v) is 5.16. The predicted molar refractivity (Wildman–Crippen MR) is 61.3 cm³/mol. The largest absolute Gasteiger partial charge is 0.314 e. The van der Waals surface area contributed by atoms with E-state index in [1.807, 2.05) is 0 Å². The average Bonchev–Trinajstić information content (AvgIpc) is 2.71. The van der Waals surface area contributed by atoms with E-state index in [1.165, 1.54) is 32.2 Å². The molecular formula is C13H25N. The number of piperidine rings is 1. The highest BCUT2D eigenvalue weighted by atomic mass is 15.0. The normalized spacial score (nSPS) is 52.3. The summed E-state index contributed by atoms with van der Waals surface area (Å²) >= 11 is 0. The molecule has 0 aromatic heterocycles. The topological polar surface area (TPSA) is 12.0 Å². The Bertz CT molecular complexity index is 213. The van der Waals surface area contributed by atoms with Gasteiger partial charge >= 0.3 is 0 Å². The molecule has 1 heterocycles. The molecule has 2 rings (SSSR count). The smallest absolute Gasteiger partial charge is 0.0103 e. The Morgan fingerprint density at radius 3 is 2.64 bits per heavy atom. The Morgan fingerprint density at radius 2 is 2.07 bits per heavy atom. The van der Waals surface area contributed by atoms with Gasteiger partial charge in [0.1, 0.15) is 0 Å². The second-order valence-corrected chi connectivity index (χ2v) is 5.89. The van der Waals surface area contributed by atoms with Gasteiger partial charge in [0.2, 0.25) is 0 Å². The molecule has 1 aliphatic carbocycles. The SMILES string of the molecule is CCC[C@@]1(C)C[C@@]12[C@H](C)CCN[C@@H]2C. The summed E-state index contributed by atoms with van der Waals surface area (Å²) in [7, 11) is 0. The molecule has 1 nitrogen and oxygen atoms in total. The van der Waals surface area contributed by atoms with E-state index >= 15 is 0 Å². The summed E-state index contributed by atoms with van der Waals surface area (Å²) in [5, 5.41) is 3.68. The van der Waals surface area contributed by atoms with E-state index in [9.17, 15) is 0 Å². The van der Waals surface area contributed by atoms with E-state index < -0.39 is 0 Å². The molecule has 1 saturated heterocycles. The summed E-state index contributed by atoms with van der Waals surface area (Å²) in [6.07, 6.45) is 5.61. The van der Waals surface area contributed by atoms with Gasteiger partial charge in [-0.05, 0) is 49.5 Å². The highest BCUT2D eigenvalue weighted by molar-refractivity contribution is 5.19. The minimum absolute atomic E-state index is 0.640. The van der Waals surface area contributed by atoms with Crippen LogP contribution in [0.4, 0.5) is 0 Å². The van der Waals surface area contributed by atoms with Crippen molar-refractivity contribution in [1.82, 2.24) is 5.32 Å². The Labute approximate surface area is 88.7 Å². The third kappa shape index (κ3) is 1.18. The maximum Gasteiger partial charge on any atom is 0.0103 e. The summed E-state index contributed by atoms with van der Waals surface area (Å²) in [6.45, 7) is 10.9. The fourth-order valence-corrected chi connectivity index (χ4v) is 4.30. The van der Waals surface area contributed by atoms with Crippen molar-refractivity contribution < 1.29 is 0 Å². The molecule has 14 heavy (non-hydrogen) atoms. The van der Waals surface area contributed by atoms with Crippen LogP contribution in [0.3, 0.4) is 0 Å². The van der Waals surface area contributed by atoms with Crippen LogP contribution in [-0.4, -0.2) is 12.6 Å². The van der Waals surface area contributed by atoms with E-state index in [-0.39, 0.29) is 0 Å². The Morgan fingerprint density at radius 1 is 1.36 bits per heavy atom. The molecule has 0 aromatic carbocycles. The van der Waals surface area contributed by atoms with Crippen LogP contribution in [0.25, 0.3) is 0 Å². The Balaban J connectivity index is 2.15. The molecule has 0 radical (unpaired) electrons. The van der Waals surface area contributed by atoms with Gasteiger partial charge in [0.15, 0.2) is 0 Å². The zero-order chi connectivity index (χ0) is 10.4. The van der Waals surface area contributed by atoms with Crippen LogP contribution in [0, 0.1) is 16.7 Å². The van der Waals surface area contributed by atoms with Gasteiger partial charge in [-0.25, -0.2) is 0 Å². The van der Waals surface area contributed by atoms with E-state index in [0.29, 0.717) is 10.8 Å². The molecule has 1 heteroatoms. The second-order valence-electron chi connectivity index (χ2n) is 5.89. The predicted octanol–water partition coefficient (Wildman–Crippen LogP) is 3.20. The van der Waals surface area contributed by atoms with Crippen LogP contribution in [0.15, 0.2) is 0 Å². The summed E-state index contributed by atoms with van der Waals surface area (Å²) < 4.78 is 0. The molecule has 82 valence electrons. The van der Waals surface area contributed by atoms with E-state index in [0.717, 1.165) is 12.0 Å². The lowest BCUT2D eigenvalue weighted by Gasteiger charge is -2.40. The van der Waals surface area contributed by atoms with E-state index in [4.69, 9.17) is 0 Å². The van der Waals surface area contributed by atoms with Crippen molar-refractivity contribution in [2.24, 2.45) is 16.7 Å². The molecular weight excluding hydrogens is 170 g/mol. The van der Waals surface area contributed by atoms with Crippen LogP contribution >= 0.6 is 0 Å². The molecule has 2 fully saturated rings. The first-order chi connectivity index (χ1) is 6.57. The van der Waals surface area contributed by atoms with Gasteiger partial charge in [-0.1, -0.05) is 27.2 Å². The number of nitrogens with one attached hydrogen (secondary N) is 1. The molecule has 1 spiro atoms. The number of rotatable bonds is 2. The van der Waals surface area contributed by atoms with Crippen LogP contribution in [0.1, 0.15) is 53.4 Å². The van der Waals surface area contributed by atoms with Crippen LogP contribution < -0.4 is 5.32 Å². The summed E-state index contributed by atoms with van der Waals surface area (Å²) in [6, 6.07) is 0.739. The zero-order valence-corrected chi connectivity index (χ0v) is 10.2. The molecule has 1 aliphatic heterocycles. The molecule has 0 amide bonds. The highest BCUT2D eigenvalue weighted by Crippen LogP contribution is 2.72. The van der Waals surface area contributed by atoms with Gasteiger partial charge in [0.05, 0.1) is 0 Å². The van der Waals surface area contributed by atoms with Gasteiger partial charge in [0.25, 0.3) is 0 Å². The van der Waals surface area contributed by atoms with Gasteiger partial charge in [-0.3, -0.25) is 0 Å². The molecule has 0 bridgehead atoms. The average molecular weight is 195 g/mol. The zero-order valence-electron chi connectivity index (χ0n) is 10.2. The first-order valence-corrected chi connectivity index (χ1v) is 6.30. The minimum atomic E-state index is 0.640. The maximum absolute atomic E-state index is 3.68. The lowest BCUT2D eigenvalue weighted by Crippen LogP contribution is -2.47. The summed E-state index contributed by atoms with van der Waals surface area (Å²) in [5.41, 5.74) is 1.29. The quantitative estimate of drug-likeness (QED) is 0.713. The van der Waals surface area contributed by atoms with E-state index in [1.54, 1.807) is 0 Å². The summed E-state index contributed by atoms with van der Waals surface area (Å²) in [5.74, 6) is 0.926. The number of hydrogen-bond acceptors (Lipinski definition) is 1. The monoisotopic (exact) mass is 195 g/mol. The van der Waals surface area contributed by atoms with Gasteiger partial charge in [-0.15, -0.1) is 0 Å². The van der Waals surface area contributed by atoms with Gasteiger partial charge in [-0.2, -0.15) is 0 Å². The standard InChI is InChI=1S/C13H25N/c1-5-7-12(4)9-13(12)10(2)6-8-14-11(13)3/h10-11,14H,5-9H2,1-4H3/t10-,11-,12+,13+/m1/s1. The van der Waals surface area contributed by atoms with Gasteiger partial charge < -0.3 is 5.32 Å². The Kier molecular flexibility index (Phi) is 2.42. The third-order valence-electron chi connectivity index (χ3n) is 5.16. The van der Waals surface area contributed by atoms with Crippen molar-refractivity contribution in [2.45, 2.75) is 59.4 Å². The molecule has 2 aliphatic rings. The first-order valence-electron chi connectivity index (χ1n) is 6.30. The first kappa shape index (κ1) is 10.5. The lowest BCUT2D eigenvalue weighted by molar-refractivity contribution is 0.135. The van der Waals surface area contributed by atoms with Crippen LogP contribution in [0.2, 0.25) is 0 Å². The van der Waals surface area contributed by atoms with Crippen LogP contribution in [0.5, 0.6) is 0 Å². The van der Waals surface area contributed by atoms with Crippen LogP contribution in [-0.2, 0) is 0 Å².